The van der Waals surface area contributed by atoms with Crippen LogP contribution >= 0.6 is 0 Å². The summed E-state index contributed by atoms with van der Waals surface area (Å²) in [5.41, 5.74) is 4.99. The molecule has 4 N–H and O–H groups in total. The number of likely N-dealkylation sites (tertiary alicyclic amines) is 1. The summed E-state index contributed by atoms with van der Waals surface area (Å²) in [6, 6.07) is -1.31. The Labute approximate surface area is 195 Å². The number of nitrogens with zero attached hydrogens (tertiary/aromatic N) is 1. The fraction of sp³-hybridized carbons (Fsp3) is 0.739. The Morgan fingerprint density at radius 2 is 1.85 bits per heavy atom. The van der Waals surface area contributed by atoms with Gasteiger partial charge in [-0.3, -0.25) is 24.1 Å². The zero-order valence-corrected chi connectivity index (χ0v) is 19.9. The molecule has 0 aromatic heterocycles. The van der Waals surface area contributed by atoms with Crippen molar-refractivity contribution in [2.75, 3.05) is 13.1 Å². The molecule has 0 saturated carbocycles. The number of nitrogens with two attached hydrogens (primary N) is 1. The smallest absolute Gasteiger partial charge is 0.312 e. The van der Waals surface area contributed by atoms with Crippen LogP contribution in [-0.4, -0.2) is 59.9 Å². The SMILES string of the molecule is CC1CC(=O)N(CCCCCC(=O)N[C@H](C(=O)C[C@H](C=O)CCCNC(N)=O)C(C)C)C1=O. The fourth-order valence-electron chi connectivity index (χ4n) is 3.86. The molecule has 1 aliphatic rings. The van der Waals surface area contributed by atoms with Crippen molar-refractivity contribution in [3.63, 3.8) is 0 Å². The van der Waals surface area contributed by atoms with Crippen molar-refractivity contribution in [1.29, 1.82) is 0 Å². The first kappa shape index (κ1) is 28.3. The van der Waals surface area contributed by atoms with Gasteiger partial charge in [-0.25, -0.2) is 4.79 Å². The monoisotopic (exact) mass is 466 g/mol. The summed E-state index contributed by atoms with van der Waals surface area (Å²) < 4.78 is 0. The minimum Gasteiger partial charge on any atom is -0.352 e. The maximum absolute atomic E-state index is 12.7. The van der Waals surface area contributed by atoms with E-state index in [1.54, 1.807) is 6.92 Å². The predicted octanol–water partition coefficient (Wildman–Crippen LogP) is 1.31. The lowest BCUT2D eigenvalue weighted by Crippen LogP contribution is -2.45. The van der Waals surface area contributed by atoms with Crippen LogP contribution in [0.5, 0.6) is 0 Å². The number of carbonyl (C=O) groups is 6. The van der Waals surface area contributed by atoms with E-state index >= 15 is 0 Å². The molecule has 1 rings (SSSR count). The first-order valence-electron chi connectivity index (χ1n) is 11.7. The van der Waals surface area contributed by atoms with Gasteiger partial charge in [-0.05, 0) is 31.6 Å². The number of primary amides is 1. The summed E-state index contributed by atoms with van der Waals surface area (Å²) in [7, 11) is 0. The third kappa shape index (κ3) is 10.1. The summed E-state index contributed by atoms with van der Waals surface area (Å²) in [5, 5.41) is 5.22. The average Bonchev–Trinajstić information content (AvgIpc) is 2.98. The number of hydrogen-bond donors (Lipinski definition) is 3. The molecule has 1 saturated heterocycles. The van der Waals surface area contributed by atoms with E-state index in [-0.39, 0.29) is 54.6 Å². The maximum Gasteiger partial charge on any atom is 0.312 e. The van der Waals surface area contributed by atoms with Crippen LogP contribution in [0.15, 0.2) is 0 Å². The third-order valence-corrected chi connectivity index (χ3v) is 5.79. The summed E-state index contributed by atoms with van der Waals surface area (Å²) in [6.45, 7) is 6.12. The summed E-state index contributed by atoms with van der Waals surface area (Å²) in [4.78, 5) is 72.1. The van der Waals surface area contributed by atoms with Crippen molar-refractivity contribution < 1.29 is 28.8 Å². The molecule has 0 spiro atoms. The van der Waals surface area contributed by atoms with Gasteiger partial charge in [0.25, 0.3) is 0 Å². The summed E-state index contributed by atoms with van der Waals surface area (Å²) in [5.74, 6) is -1.56. The Hall–Kier alpha value is -2.78. The van der Waals surface area contributed by atoms with Gasteiger partial charge in [-0.2, -0.15) is 0 Å². The van der Waals surface area contributed by atoms with Crippen LogP contribution < -0.4 is 16.4 Å². The van der Waals surface area contributed by atoms with Crippen molar-refractivity contribution in [3.05, 3.63) is 0 Å². The Morgan fingerprint density at radius 1 is 1.15 bits per heavy atom. The van der Waals surface area contributed by atoms with E-state index in [2.05, 4.69) is 10.6 Å². The van der Waals surface area contributed by atoms with Gasteiger partial charge in [0, 0.05) is 44.2 Å². The van der Waals surface area contributed by atoms with E-state index in [4.69, 9.17) is 5.73 Å². The number of hydrogen-bond acceptors (Lipinski definition) is 6. The van der Waals surface area contributed by atoms with Gasteiger partial charge in [0.15, 0.2) is 5.78 Å². The number of urea groups is 1. The fourth-order valence-corrected chi connectivity index (χ4v) is 3.86. The Kier molecular flexibility index (Phi) is 12.3. The average molecular weight is 467 g/mol. The van der Waals surface area contributed by atoms with Crippen LogP contribution in [0.3, 0.4) is 0 Å². The first-order valence-corrected chi connectivity index (χ1v) is 11.7. The molecular weight excluding hydrogens is 428 g/mol. The van der Waals surface area contributed by atoms with Gasteiger partial charge in [0.1, 0.15) is 6.29 Å². The molecule has 0 aromatic carbocycles. The number of carbonyl (C=O) groups excluding carboxylic acids is 6. The molecule has 0 radical (unpaired) electrons. The molecule has 10 heteroatoms. The molecule has 10 nitrogen and oxygen atoms in total. The molecular formula is C23H38N4O6. The van der Waals surface area contributed by atoms with Gasteiger partial charge in [0.05, 0.1) is 6.04 Å². The van der Waals surface area contributed by atoms with Crippen molar-refractivity contribution >= 4 is 35.8 Å². The number of amides is 5. The van der Waals surface area contributed by atoms with Gasteiger partial charge < -0.3 is 21.2 Å². The van der Waals surface area contributed by atoms with Crippen LogP contribution in [-0.2, 0) is 24.0 Å². The van der Waals surface area contributed by atoms with Crippen molar-refractivity contribution in [1.82, 2.24) is 15.5 Å². The number of imide groups is 1. The van der Waals surface area contributed by atoms with Crippen molar-refractivity contribution in [2.45, 2.75) is 78.2 Å². The molecule has 1 unspecified atom stereocenters. The highest BCUT2D eigenvalue weighted by Gasteiger charge is 2.34. The Bertz CT molecular complexity index is 724. The molecule has 1 heterocycles. The van der Waals surface area contributed by atoms with Gasteiger partial charge in [-0.15, -0.1) is 0 Å². The number of Topliss-reactive ketones (excluding diaryl/α,β-unsaturated/α-hetero) is 1. The maximum atomic E-state index is 12.7. The summed E-state index contributed by atoms with van der Waals surface area (Å²) in [6.07, 6.45) is 4.13. The van der Waals surface area contributed by atoms with Gasteiger partial charge in [0.2, 0.25) is 17.7 Å². The van der Waals surface area contributed by atoms with Crippen LogP contribution in [0.2, 0.25) is 0 Å². The second-order valence-electron chi connectivity index (χ2n) is 9.09. The first-order chi connectivity index (χ1) is 15.6. The lowest BCUT2D eigenvalue weighted by Gasteiger charge is -2.22. The third-order valence-electron chi connectivity index (χ3n) is 5.79. The molecule has 3 atom stereocenters. The minimum absolute atomic E-state index is 0.0273. The summed E-state index contributed by atoms with van der Waals surface area (Å²) >= 11 is 0. The second-order valence-corrected chi connectivity index (χ2v) is 9.09. The standard InChI is InChI=1S/C23H38N4O6/c1-15(2)21(18(29)13-17(14-28)8-7-10-25-23(24)33)26-19(30)9-5-4-6-11-27-20(31)12-16(3)22(27)32/h14-17,21H,4-13H2,1-3H3,(H,26,30)(H3,24,25,33)/t16?,17-,21+/m1/s1. The van der Waals surface area contributed by atoms with E-state index in [0.29, 0.717) is 45.2 Å². The molecule has 186 valence electrons. The second kappa shape index (κ2) is 14.4. The number of unbranched alkanes of at least 4 members (excludes halogenated alkanes) is 2. The van der Waals surface area contributed by atoms with Crippen molar-refractivity contribution in [2.24, 2.45) is 23.5 Å². The molecule has 33 heavy (non-hydrogen) atoms. The van der Waals surface area contributed by atoms with Gasteiger partial charge in [-0.1, -0.05) is 27.2 Å². The zero-order valence-electron chi connectivity index (χ0n) is 19.9. The lowest BCUT2D eigenvalue weighted by molar-refractivity contribution is -0.139. The highest BCUT2D eigenvalue weighted by Crippen LogP contribution is 2.19. The van der Waals surface area contributed by atoms with E-state index in [1.807, 2.05) is 13.8 Å². The van der Waals surface area contributed by atoms with Gasteiger partial charge >= 0.3 is 6.03 Å². The number of nitrogens with one attached hydrogen (secondary N) is 2. The Balaban J connectivity index is 2.37. The van der Waals surface area contributed by atoms with Crippen LogP contribution in [0.4, 0.5) is 4.79 Å². The lowest BCUT2D eigenvalue weighted by atomic mass is 9.90. The van der Waals surface area contributed by atoms with E-state index in [0.717, 1.165) is 6.29 Å². The zero-order chi connectivity index (χ0) is 25.0. The van der Waals surface area contributed by atoms with E-state index < -0.39 is 18.0 Å². The van der Waals surface area contributed by atoms with E-state index in [1.165, 1.54) is 4.90 Å². The van der Waals surface area contributed by atoms with Crippen LogP contribution in [0, 0.1) is 17.8 Å². The predicted molar refractivity (Wildman–Crippen MR) is 122 cm³/mol. The molecule has 5 amide bonds. The molecule has 0 bridgehead atoms. The van der Waals surface area contributed by atoms with Crippen molar-refractivity contribution in [3.8, 4) is 0 Å². The highest BCUT2D eigenvalue weighted by molar-refractivity contribution is 6.03. The number of aldehydes is 1. The van der Waals surface area contributed by atoms with Crippen LogP contribution in [0.25, 0.3) is 0 Å². The highest BCUT2D eigenvalue weighted by atomic mass is 16.2. The molecule has 0 aromatic rings. The van der Waals surface area contributed by atoms with E-state index in [9.17, 15) is 28.8 Å². The quantitative estimate of drug-likeness (QED) is 0.177. The largest absolute Gasteiger partial charge is 0.352 e. The topological polar surface area (TPSA) is 156 Å². The normalized spacial score (nSPS) is 17.7. The molecule has 1 fully saturated rings. The Morgan fingerprint density at radius 3 is 2.39 bits per heavy atom. The minimum atomic E-state index is -0.676. The molecule has 1 aliphatic heterocycles. The number of rotatable bonds is 16. The number of ketones is 1. The molecule has 0 aliphatic carbocycles. The van der Waals surface area contributed by atoms with Crippen LogP contribution in [0.1, 0.15) is 72.1 Å².